The Morgan fingerprint density at radius 1 is 0.553 bits per heavy atom. The third kappa shape index (κ3) is 27.6. The number of hydrogen-bond acceptors (Lipinski definition) is 20. The number of unbranched alkanes of at least 4 members (excludes halogenated alkanes) is 4. The molecule has 5 unspecified atom stereocenters. The summed E-state index contributed by atoms with van der Waals surface area (Å²) in [5.74, 6) is -18.4. The fraction of sp³-hybridized carbons (Fsp3) is 0.710. The van der Waals surface area contributed by atoms with Crippen LogP contribution < -0.4 is 64.6 Å². The van der Waals surface area contributed by atoms with E-state index in [2.05, 4.69) is 53.2 Å². The van der Waals surface area contributed by atoms with Gasteiger partial charge in [0.25, 0.3) is 0 Å². The molecular weight excluding hydrogens is 1340 g/mol. The third-order valence-corrected chi connectivity index (χ3v) is 18.3. The fourth-order valence-electron chi connectivity index (χ4n) is 12.1. The van der Waals surface area contributed by atoms with Crippen LogP contribution in [-0.4, -0.2) is 246 Å². The van der Waals surface area contributed by atoms with Crippen LogP contribution in [0.4, 0.5) is 0 Å². The van der Waals surface area contributed by atoms with Gasteiger partial charge in [-0.25, -0.2) is 0 Å². The summed E-state index contributed by atoms with van der Waals surface area (Å²) in [6, 6.07) is -12.4. The number of aliphatic hydroxyl groups excluding tert-OH is 6. The first-order chi connectivity index (χ1) is 48.3. The molecule has 1 aromatic rings. The summed E-state index contributed by atoms with van der Waals surface area (Å²) in [7, 11) is 1.12. The van der Waals surface area contributed by atoms with Crippen molar-refractivity contribution >= 4 is 82.7 Å². The monoisotopic (exact) mass is 1460 g/mol. The number of nitrogens with two attached hydrogens (primary N) is 2. The van der Waals surface area contributed by atoms with Crippen molar-refractivity contribution < 1.29 is 97.8 Å². The number of hydrogen-bond donors (Lipinski definition) is 18. The van der Waals surface area contributed by atoms with Crippen molar-refractivity contribution in [2.75, 3.05) is 20.2 Å². The Morgan fingerprint density at radius 3 is 1.63 bits per heavy atom. The molecule has 0 saturated carbocycles. The van der Waals surface area contributed by atoms with Crippen LogP contribution in [0, 0.1) is 23.7 Å². The fourth-order valence-corrected chi connectivity index (χ4v) is 12.1. The third-order valence-electron chi connectivity index (χ3n) is 18.3. The number of amides is 14. The number of nitrogens with zero attached hydrogens (tertiary/aromatic N) is 2. The molecule has 20 N–H and O–H groups in total. The highest BCUT2D eigenvalue weighted by molar-refractivity contribution is 6.01. The minimum Gasteiger partial charge on any atom is -0.396 e. The molecule has 2 aliphatic rings. The maximum absolute atomic E-state index is 14.8. The molecular formula is C69H114N14O20. The lowest BCUT2D eigenvalue weighted by Gasteiger charge is -2.36. The Labute approximate surface area is 601 Å². The van der Waals surface area contributed by atoms with Crippen molar-refractivity contribution in [2.45, 2.75) is 269 Å². The van der Waals surface area contributed by atoms with E-state index in [0.717, 1.165) is 43.0 Å². The largest absolute Gasteiger partial charge is 0.396 e. The second-order valence-corrected chi connectivity index (χ2v) is 28.2. The first kappa shape index (κ1) is 88.8. The normalized spacial score (nSPS) is 27.4. The van der Waals surface area contributed by atoms with Crippen molar-refractivity contribution in [1.29, 1.82) is 0 Å². The number of aliphatic hydroxyl groups is 6. The van der Waals surface area contributed by atoms with E-state index in [1.165, 1.54) is 27.7 Å². The summed E-state index contributed by atoms with van der Waals surface area (Å²) < 4.78 is 0. The summed E-state index contributed by atoms with van der Waals surface area (Å²) in [6.45, 7) is 15.6. The average Bonchev–Trinajstić information content (AvgIpc) is 1.75. The quantitative estimate of drug-likeness (QED) is 0.0435. The first-order valence-corrected chi connectivity index (χ1v) is 35.5. The van der Waals surface area contributed by atoms with Gasteiger partial charge < -0.3 is 105 Å². The van der Waals surface area contributed by atoms with Crippen LogP contribution in [0.2, 0.25) is 0 Å². The Hall–Kier alpha value is -8.44. The van der Waals surface area contributed by atoms with Gasteiger partial charge in [0, 0.05) is 51.9 Å². The second-order valence-electron chi connectivity index (χ2n) is 28.2. The average molecular weight is 1460 g/mol. The highest BCUT2D eigenvalue weighted by Gasteiger charge is 2.47. The molecule has 103 heavy (non-hydrogen) atoms. The Kier molecular flexibility index (Phi) is 37.0. The van der Waals surface area contributed by atoms with E-state index in [1.54, 1.807) is 65.0 Å². The molecule has 18 atom stereocenters. The van der Waals surface area contributed by atoms with E-state index in [-0.39, 0.29) is 25.7 Å². The van der Waals surface area contributed by atoms with Gasteiger partial charge in [-0.3, -0.25) is 67.1 Å². The first-order valence-electron chi connectivity index (χ1n) is 35.5. The van der Waals surface area contributed by atoms with E-state index in [9.17, 15) is 97.8 Å². The summed E-state index contributed by atoms with van der Waals surface area (Å²) >= 11 is 0. The molecule has 2 fully saturated rings. The molecule has 0 bridgehead atoms. The zero-order valence-electron chi connectivity index (χ0n) is 61.3. The maximum Gasteiger partial charge on any atom is 0.248 e. The molecule has 34 nitrogen and oxygen atoms in total. The van der Waals surface area contributed by atoms with E-state index < -0.39 is 255 Å². The molecule has 0 aromatic heterocycles. The maximum atomic E-state index is 14.8. The topological polar surface area (TPSA) is 539 Å². The minimum absolute atomic E-state index is 0.101. The Morgan fingerprint density at radius 2 is 1.08 bits per heavy atom. The van der Waals surface area contributed by atoms with Crippen molar-refractivity contribution in [3.05, 3.63) is 35.9 Å². The van der Waals surface area contributed by atoms with E-state index >= 15 is 0 Å². The van der Waals surface area contributed by atoms with Gasteiger partial charge in [-0.05, 0) is 68.8 Å². The summed E-state index contributed by atoms with van der Waals surface area (Å²) in [4.78, 5) is 201. The number of nitrogens with one attached hydrogen (secondary N) is 10. The molecule has 2 heterocycles. The summed E-state index contributed by atoms with van der Waals surface area (Å²) in [5.41, 5.74) is 11.5. The zero-order chi connectivity index (χ0) is 77.9. The molecule has 0 radical (unpaired) electrons. The number of carbonyl (C=O) groups excluding carboxylic acids is 14. The van der Waals surface area contributed by atoms with E-state index in [0.29, 0.717) is 18.4 Å². The van der Waals surface area contributed by atoms with Gasteiger partial charge in [-0.15, -0.1) is 0 Å². The van der Waals surface area contributed by atoms with Crippen molar-refractivity contribution in [2.24, 2.45) is 35.1 Å². The van der Waals surface area contributed by atoms with Gasteiger partial charge in [0.2, 0.25) is 82.7 Å². The van der Waals surface area contributed by atoms with Crippen LogP contribution in [0.1, 0.15) is 165 Å². The second kappa shape index (κ2) is 43.0. The number of likely N-dealkylation sites (N-methyl/N-ethyl adjacent to an activating group) is 1. The molecule has 1 aromatic carbocycles. The standard InChI is InChI=1S/C69H114N14O20/c1-13-15-16-17-21-24-41-31-49(89)77-50(35(5)6)63(97)80-53(56(90)36(7)8)65(99)73-43(27-28-84)59(93)75-45(29-34(3)4)60(94)74-44(25-26-48(70)88)68(102)82(12)55(37(9)14-2)67(101)81-54(57(91)58(71)92)66(100)79-52(39(11)86)69(103)83-33-42(87)32-47(83)62(96)76-46(30-40-22-19-18-20-23-40)61(95)78-51(38(10)85)64(98)72-41/h18-20,22-23,34-39,41-47,50-57,84-87,90-91H,13-17,21,24-33H2,1-12H3,(H2,70,88)(H2,71,92)(H,72,98)(H,73,99)(H,74,94)(H,75,93)(H,76,96)(H,77,89)(H,78,95)(H,79,100)(H,80,97)(H,81,101)/t37-,38+,39+,41?,42+,43-,44-,45+,46+,47-,50-,51-,52-,53?,54?,55-,56?,57?/m0/s1. The van der Waals surface area contributed by atoms with Gasteiger partial charge in [0.1, 0.15) is 66.5 Å². The summed E-state index contributed by atoms with van der Waals surface area (Å²) in [5, 5.41) is 91.5. The molecule has 3 rings (SSSR count). The van der Waals surface area contributed by atoms with Gasteiger partial charge in [-0.2, -0.15) is 0 Å². The predicted molar refractivity (Wildman–Crippen MR) is 373 cm³/mol. The Bertz CT molecular complexity index is 3050. The van der Waals surface area contributed by atoms with Crippen LogP contribution in [0.5, 0.6) is 0 Å². The zero-order valence-corrected chi connectivity index (χ0v) is 61.3. The van der Waals surface area contributed by atoms with Gasteiger partial charge >= 0.3 is 0 Å². The predicted octanol–water partition coefficient (Wildman–Crippen LogP) is -4.35. The van der Waals surface area contributed by atoms with Crippen LogP contribution in [0.3, 0.4) is 0 Å². The molecule has 2 saturated heterocycles. The Balaban J connectivity index is 2.35. The van der Waals surface area contributed by atoms with Crippen LogP contribution in [0.25, 0.3) is 0 Å². The lowest BCUT2D eigenvalue weighted by molar-refractivity contribution is -0.148. The van der Waals surface area contributed by atoms with Gasteiger partial charge in [-0.1, -0.05) is 131 Å². The van der Waals surface area contributed by atoms with E-state index in [4.69, 9.17) is 11.5 Å². The lowest BCUT2D eigenvalue weighted by atomic mass is 9.95. The van der Waals surface area contributed by atoms with Crippen LogP contribution >= 0.6 is 0 Å². The molecule has 0 spiro atoms. The minimum atomic E-state index is -2.60. The summed E-state index contributed by atoms with van der Waals surface area (Å²) in [6.07, 6.45) is -8.22. The van der Waals surface area contributed by atoms with Crippen molar-refractivity contribution in [3.63, 3.8) is 0 Å². The van der Waals surface area contributed by atoms with E-state index in [1.807, 2.05) is 6.92 Å². The van der Waals surface area contributed by atoms with Crippen LogP contribution in [0.15, 0.2) is 30.3 Å². The molecule has 0 aliphatic carbocycles. The number of carbonyl (C=O) groups is 14. The highest BCUT2D eigenvalue weighted by atomic mass is 16.3. The lowest BCUT2D eigenvalue weighted by Crippen LogP contribution is -2.65. The SMILES string of the molecule is CCCCCCCC1CC(=O)N[C@@H](C(C)C)C(=O)NC(C(O)C(C)C)C(=O)N[C@@H](CCO)C(=O)N[C@H](CC(C)C)C(=O)N[C@@H](CCC(N)=O)C(=O)N(C)[C@@H]([C@@H](C)CC)C(=O)NC(C(O)C(N)=O)C(=O)N[C@@H]([C@@H](C)O)C(=O)N2C[C@H](O)C[C@H]2C(=O)N[C@H](Cc2ccccc2)C(=O)N[C@@H]([C@@H](C)O)C(=O)N1. The molecule has 34 heteroatoms. The van der Waals surface area contributed by atoms with Gasteiger partial charge in [0.15, 0.2) is 6.10 Å². The number of primary amides is 2. The van der Waals surface area contributed by atoms with Gasteiger partial charge in [0.05, 0.1) is 24.4 Å². The number of fused-ring (bicyclic) bond motifs is 1. The number of rotatable bonds is 24. The van der Waals surface area contributed by atoms with Crippen molar-refractivity contribution in [1.82, 2.24) is 63.0 Å². The molecule has 580 valence electrons. The van der Waals surface area contributed by atoms with Crippen molar-refractivity contribution in [3.8, 4) is 0 Å². The van der Waals surface area contributed by atoms with Crippen LogP contribution in [-0.2, 0) is 73.5 Å². The number of benzene rings is 1. The molecule has 14 amide bonds. The highest BCUT2D eigenvalue weighted by Crippen LogP contribution is 2.23. The smallest absolute Gasteiger partial charge is 0.248 e. The molecule has 2 aliphatic heterocycles.